The van der Waals surface area contributed by atoms with Crippen molar-refractivity contribution in [1.82, 2.24) is 9.47 Å². The monoisotopic (exact) mass is 360 g/mol. The van der Waals surface area contributed by atoms with Gasteiger partial charge in [0, 0.05) is 31.5 Å². The van der Waals surface area contributed by atoms with Gasteiger partial charge in [-0.25, -0.2) is 0 Å². The van der Waals surface area contributed by atoms with E-state index in [1.807, 2.05) is 6.92 Å². The quantitative estimate of drug-likeness (QED) is 0.623. The van der Waals surface area contributed by atoms with Crippen molar-refractivity contribution in [3.8, 4) is 5.75 Å². The van der Waals surface area contributed by atoms with Gasteiger partial charge in [-0.2, -0.15) is 0 Å². The Labute approximate surface area is 162 Å². The molecule has 1 atom stereocenters. The van der Waals surface area contributed by atoms with Crippen LogP contribution in [0.25, 0.3) is 0 Å². The Morgan fingerprint density at radius 1 is 0.963 bits per heavy atom. The van der Waals surface area contributed by atoms with E-state index in [1.54, 1.807) is 0 Å². The van der Waals surface area contributed by atoms with Gasteiger partial charge in [-0.3, -0.25) is 4.90 Å². The Bertz CT molecular complexity index is 864. The van der Waals surface area contributed by atoms with Crippen LogP contribution in [0.3, 0.4) is 0 Å². The normalized spacial score (nSPS) is 17.3. The van der Waals surface area contributed by atoms with Gasteiger partial charge >= 0.3 is 0 Å². The highest BCUT2D eigenvalue weighted by Gasteiger charge is 2.27. The molecular formula is C24H28N2O. The topological polar surface area (TPSA) is 17.4 Å². The SMILES string of the molecule is CCOc1ccc([C@@H]2c3cccn3CCCN2Cc2ccc(C)cc2)cc1. The number of nitrogens with zero attached hydrogens (tertiary/aromatic N) is 2. The fourth-order valence-electron chi connectivity index (χ4n) is 4.03. The first-order valence-corrected chi connectivity index (χ1v) is 9.92. The van der Waals surface area contributed by atoms with Crippen molar-refractivity contribution < 1.29 is 4.74 Å². The highest BCUT2D eigenvalue weighted by molar-refractivity contribution is 5.35. The largest absolute Gasteiger partial charge is 0.494 e. The first kappa shape index (κ1) is 17.9. The molecule has 27 heavy (non-hydrogen) atoms. The van der Waals surface area contributed by atoms with Gasteiger partial charge in [-0.1, -0.05) is 42.0 Å². The number of fused-ring (bicyclic) bond motifs is 1. The summed E-state index contributed by atoms with van der Waals surface area (Å²) in [7, 11) is 0. The molecule has 0 bridgehead atoms. The predicted octanol–water partition coefficient (Wildman–Crippen LogP) is 5.19. The lowest BCUT2D eigenvalue weighted by Crippen LogP contribution is -2.29. The van der Waals surface area contributed by atoms with Crippen LogP contribution in [0.1, 0.15) is 41.8 Å². The Morgan fingerprint density at radius 2 is 1.74 bits per heavy atom. The molecule has 0 spiro atoms. The van der Waals surface area contributed by atoms with Crippen LogP contribution >= 0.6 is 0 Å². The second-order valence-electron chi connectivity index (χ2n) is 7.34. The summed E-state index contributed by atoms with van der Waals surface area (Å²) in [6.45, 7) is 8.00. The molecule has 2 aromatic carbocycles. The molecule has 0 aliphatic carbocycles. The van der Waals surface area contributed by atoms with Gasteiger partial charge in [0.2, 0.25) is 0 Å². The third kappa shape index (κ3) is 3.93. The number of aryl methyl sites for hydroxylation is 2. The van der Waals surface area contributed by atoms with E-state index in [1.165, 1.54) is 28.8 Å². The van der Waals surface area contributed by atoms with E-state index < -0.39 is 0 Å². The first-order valence-electron chi connectivity index (χ1n) is 9.92. The van der Waals surface area contributed by atoms with Crippen molar-refractivity contribution in [3.63, 3.8) is 0 Å². The standard InChI is InChI=1S/C24H28N2O/c1-3-27-22-13-11-21(12-14-22)24-23-6-4-15-25(23)16-5-17-26(24)18-20-9-7-19(2)8-10-20/h4,6-15,24H,3,5,16-18H2,1-2H3/t24-/m1/s1. The minimum atomic E-state index is 0.263. The van der Waals surface area contributed by atoms with Crippen LogP contribution < -0.4 is 4.74 Å². The lowest BCUT2D eigenvalue weighted by atomic mass is 10.0. The summed E-state index contributed by atoms with van der Waals surface area (Å²) in [6.07, 6.45) is 3.38. The number of hydrogen-bond donors (Lipinski definition) is 0. The number of ether oxygens (including phenoxy) is 1. The maximum atomic E-state index is 5.64. The second kappa shape index (κ2) is 8.01. The molecule has 0 fully saturated rings. The summed E-state index contributed by atoms with van der Waals surface area (Å²) in [5.74, 6) is 0.940. The summed E-state index contributed by atoms with van der Waals surface area (Å²) in [5, 5.41) is 0. The smallest absolute Gasteiger partial charge is 0.119 e. The molecule has 0 amide bonds. The maximum absolute atomic E-state index is 5.64. The molecule has 0 saturated heterocycles. The van der Waals surface area contributed by atoms with E-state index in [9.17, 15) is 0 Å². The van der Waals surface area contributed by atoms with Gasteiger partial charge in [0.25, 0.3) is 0 Å². The molecule has 0 saturated carbocycles. The van der Waals surface area contributed by atoms with Crippen molar-refractivity contribution in [3.05, 3.63) is 89.2 Å². The third-order valence-corrected chi connectivity index (χ3v) is 5.37. The van der Waals surface area contributed by atoms with E-state index in [-0.39, 0.29) is 6.04 Å². The lowest BCUT2D eigenvalue weighted by Gasteiger charge is -2.31. The minimum Gasteiger partial charge on any atom is -0.494 e. The molecule has 0 N–H and O–H groups in total. The molecule has 1 aliphatic rings. The Morgan fingerprint density at radius 3 is 2.48 bits per heavy atom. The van der Waals surface area contributed by atoms with Gasteiger partial charge in [0.05, 0.1) is 12.6 Å². The van der Waals surface area contributed by atoms with Crippen LogP contribution in [-0.4, -0.2) is 22.6 Å². The van der Waals surface area contributed by atoms with Crippen LogP contribution in [0.15, 0.2) is 66.9 Å². The minimum absolute atomic E-state index is 0.263. The van der Waals surface area contributed by atoms with Crippen molar-refractivity contribution in [2.45, 2.75) is 39.4 Å². The van der Waals surface area contributed by atoms with E-state index >= 15 is 0 Å². The van der Waals surface area contributed by atoms with Crippen LogP contribution in [0.4, 0.5) is 0 Å². The number of rotatable bonds is 5. The first-order chi connectivity index (χ1) is 13.2. The highest BCUT2D eigenvalue weighted by atomic mass is 16.5. The molecule has 3 nitrogen and oxygen atoms in total. The van der Waals surface area contributed by atoms with Crippen molar-refractivity contribution in [2.24, 2.45) is 0 Å². The number of aromatic nitrogens is 1. The maximum Gasteiger partial charge on any atom is 0.119 e. The summed E-state index contributed by atoms with van der Waals surface area (Å²) >= 11 is 0. The van der Waals surface area contributed by atoms with Crippen LogP contribution in [0.5, 0.6) is 5.75 Å². The molecule has 0 radical (unpaired) electrons. The third-order valence-electron chi connectivity index (χ3n) is 5.37. The Kier molecular flexibility index (Phi) is 5.30. The average Bonchev–Trinajstić information content (AvgIpc) is 3.06. The van der Waals surface area contributed by atoms with Crippen molar-refractivity contribution >= 4 is 0 Å². The van der Waals surface area contributed by atoms with E-state index in [2.05, 4.69) is 83.3 Å². The van der Waals surface area contributed by atoms with Gasteiger partial charge in [0.15, 0.2) is 0 Å². The summed E-state index contributed by atoms with van der Waals surface area (Å²) in [4.78, 5) is 2.61. The molecule has 140 valence electrons. The van der Waals surface area contributed by atoms with E-state index in [4.69, 9.17) is 4.74 Å². The van der Waals surface area contributed by atoms with Crippen LogP contribution in [0.2, 0.25) is 0 Å². The molecule has 0 unspecified atom stereocenters. The van der Waals surface area contributed by atoms with Crippen LogP contribution in [0, 0.1) is 6.92 Å². The van der Waals surface area contributed by atoms with E-state index in [0.717, 1.165) is 25.4 Å². The van der Waals surface area contributed by atoms with Gasteiger partial charge in [0.1, 0.15) is 5.75 Å². The molecule has 3 heteroatoms. The fourth-order valence-corrected chi connectivity index (χ4v) is 4.03. The molecule has 3 aromatic rings. The average molecular weight is 361 g/mol. The summed E-state index contributed by atoms with van der Waals surface area (Å²) in [5.41, 5.74) is 5.39. The van der Waals surface area contributed by atoms with Gasteiger partial charge in [-0.05, 0) is 55.7 Å². The molecule has 2 heterocycles. The fraction of sp³-hybridized carbons (Fsp3) is 0.333. The molecular weight excluding hydrogens is 332 g/mol. The van der Waals surface area contributed by atoms with E-state index in [0.29, 0.717) is 6.61 Å². The zero-order valence-electron chi connectivity index (χ0n) is 16.3. The molecule has 4 rings (SSSR count). The van der Waals surface area contributed by atoms with Crippen molar-refractivity contribution in [1.29, 1.82) is 0 Å². The Hall–Kier alpha value is -2.52. The van der Waals surface area contributed by atoms with Crippen LogP contribution in [-0.2, 0) is 13.1 Å². The number of hydrogen-bond acceptors (Lipinski definition) is 2. The molecule has 1 aromatic heterocycles. The zero-order valence-corrected chi connectivity index (χ0v) is 16.3. The zero-order chi connectivity index (χ0) is 18.6. The molecule has 1 aliphatic heterocycles. The predicted molar refractivity (Wildman–Crippen MR) is 110 cm³/mol. The lowest BCUT2D eigenvalue weighted by molar-refractivity contribution is 0.220. The Balaban J connectivity index is 1.68. The summed E-state index contributed by atoms with van der Waals surface area (Å²) < 4.78 is 8.06. The highest BCUT2D eigenvalue weighted by Crippen LogP contribution is 2.33. The van der Waals surface area contributed by atoms with Crippen molar-refractivity contribution in [2.75, 3.05) is 13.2 Å². The van der Waals surface area contributed by atoms with Gasteiger partial charge < -0.3 is 9.30 Å². The summed E-state index contributed by atoms with van der Waals surface area (Å²) in [6, 6.07) is 22.3. The number of benzene rings is 2. The van der Waals surface area contributed by atoms with Gasteiger partial charge in [-0.15, -0.1) is 0 Å². The second-order valence-corrected chi connectivity index (χ2v) is 7.34.